The molecule has 0 aromatic heterocycles. The molecule has 1 rings (SSSR count). The van der Waals surface area contributed by atoms with E-state index in [1.807, 2.05) is 6.07 Å². The van der Waals surface area contributed by atoms with Crippen LogP contribution in [0.15, 0.2) is 30.3 Å². The fourth-order valence-corrected chi connectivity index (χ4v) is 1.58. The van der Waals surface area contributed by atoms with E-state index in [2.05, 4.69) is 12.6 Å². The van der Waals surface area contributed by atoms with Crippen LogP contribution in [-0.2, 0) is 4.79 Å². The number of carbonyl (C=O) groups is 2. The van der Waals surface area contributed by atoms with Crippen LogP contribution in [-0.4, -0.2) is 10.9 Å². The summed E-state index contributed by atoms with van der Waals surface area (Å²) in [6.45, 7) is 1.81. The van der Waals surface area contributed by atoms with Crippen LogP contribution in [0.5, 0.6) is 0 Å². The maximum atomic E-state index is 11.7. The van der Waals surface area contributed by atoms with E-state index >= 15 is 0 Å². The second kappa shape index (κ2) is 4.96. The van der Waals surface area contributed by atoms with Crippen LogP contribution < -0.4 is 0 Å². The van der Waals surface area contributed by atoms with Gasteiger partial charge in [0.15, 0.2) is 10.9 Å². The Morgan fingerprint density at radius 2 is 1.86 bits per heavy atom. The molecule has 0 heterocycles. The van der Waals surface area contributed by atoms with Crippen molar-refractivity contribution in [2.45, 2.75) is 13.3 Å². The number of hydrogen-bond donors (Lipinski definition) is 1. The third-order valence-corrected chi connectivity index (χ3v) is 2.39. The van der Waals surface area contributed by atoms with E-state index in [1.165, 1.54) is 0 Å². The monoisotopic (exact) mass is 208 g/mol. The standard InChI is InChI=1S/C11H12O2S/c1-2-9(11(13)14)10(12)8-6-4-3-5-7-8/h3-7,9H,2H2,1H3,(H,13,14)/t9-/m0/s1. The minimum atomic E-state index is -0.610. The lowest BCUT2D eigenvalue weighted by Gasteiger charge is -2.08. The fraction of sp³-hybridized carbons (Fsp3) is 0.273. The average Bonchev–Trinajstić information content (AvgIpc) is 2.19. The van der Waals surface area contributed by atoms with Gasteiger partial charge in [-0.2, -0.15) is 0 Å². The van der Waals surface area contributed by atoms with Crippen molar-refractivity contribution >= 4 is 23.5 Å². The molecular weight excluding hydrogens is 196 g/mol. The lowest BCUT2D eigenvalue weighted by Crippen LogP contribution is -2.19. The zero-order valence-electron chi connectivity index (χ0n) is 7.93. The first-order valence-corrected chi connectivity index (χ1v) is 4.93. The molecule has 74 valence electrons. The summed E-state index contributed by atoms with van der Waals surface area (Å²) < 4.78 is 0. The molecule has 0 aliphatic heterocycles. The first kappa shape index (κ1) is 11.0. The van der Waals surface area contributed by atoms with Crippen molar-refractivity contribution in [2.24, 2.45) is 5.92 Å². The van der Waals surface area contributed by atoms with E-state index in [1.54, 1.807) is 31.2 Å². The molecule has 0 aliphatic rings. The van der Waals surface area contributed by atoms with E-state index in [0.717, 1.165) is 0 Å². The summed E-state index contributed by atoms with van der Waals surface area (Å²) in [5.74, 6) is -0.756. The first-order valence-electron chi connectivity index (χ1n) is 4.49. The topological polar surface area (TPSA) is 34.1 Å². The van der Waals surface area contributed by atoms with Crippen LogP contribution in [0.1, 0.15) is 23.7 Å². The molecule has 1 aromatic carbocycles. The summed E-state index contributed by atoms with van der Waals surface area (Å²) in [6.07, 6.45) is 0.496. The summed E-state index contributed by atoms with van der Waals surface area (Å²) in [6, 6.07) is 8.82. The van der Waals surface area contributed by atoms with Crippen molar-refractivity contribution in [1.82, 2.24) is 0 Å². The highest BCUT2D eigenvalue weighted by molar-refractivity contribution is 7.96. The molecule has 0 aliphatic carbocycles. The second-order valence-corrected chi connectivity index (χ2v) is 3.47. The van der Waals surface area contributed by atoms with Crippen molar-refractivity contribution < 1.29 is 9.59 Å². The Morgan fingerprint density at radius 3 is 2.29 bits per heavy atom. The molecule has 0 N–H and O–H groups in total. The molecule has 0 fully saturated rings. The van der Waals surface area contributed by atoms with Crippen molar-refractivity contribution in [2.75, 3.05) is 0 Å². The lowest BCUT2D eigenvalue weighted by atomic mass is 9.96. The molecule has 0 saturated heterocycles. The third kappa shape index (κ3) is 2.45. The van der Waals surface area contributed by atoms with E-state index in [-0.39, 0.29) is 10.9 Å². The molecule has 14 heavy (non-hydrogen) atoms. The molecule has 0 radical (unpaired) electrons. The Bertz CT molecular complexity index is 332. The molecule has 2 nitrogen and oxygen atoms in total. The summed E-state index contributed by atoms with van der Waals surface area (Å²) >= 11 is 3.70. The predicted molar refractivity (Wildman–Crippen MR) is 58.5 cm³/mol. The summed E-state index contributed by atoms with van der Waals surface area (Å²) in [5, 5.41) is -0.360. The molecule has 0 unspecified atom stereocenters. The Kier molecular flexibility index (Phi) is 3.89. The Morgan fingerprint density at radius 1 is 1.29 bits per heavy atom. The van der Waals surface area contributed by atoms with Gasteiger partial charge in [-0.25, -0.2) is 0 Å². The second-order valence-electron chi connectivity index (χ2n) is 3.03. The molecular formula is C11H12O2S. The minimum absolute atomic E-state index is 0.145. The van der Waals surface area contributed by atoms with Gasteiger partial charge in [0, 0.05) is 5.56 Å². The van der Waals surface area contributed by atoms with E-state index in [9.17, 15) is 9.59 Å². The molecule has 1 aromatic rings. The molecule has 0 saturated carbocycles. The van der Waals surface area contributed by atoms with Crippen LogP contribution in [0.25, 0.3) is 0 Å². The van der Waals surface area contributed by atoms with E-state index in [4.69, 9.17) is 0 Å². The zero-order chi connectivity index (χ0) is 10.6. The molecule has 0 bridgehead atoms. The minimum Gasteiger partial charge on any atom is -0.293 e. The largest absolute Gasteiger partial charge is 0.293 e. The van der Waals surface area contributed by atoms with E-state index < -0.39 is 5.92 Å². The highest BCUT2D eigenvalue weighted by Crippen LogP contribution is 2.14. The van der Waals surface area contributed by atoms with Gasteiger partial charge in [-0.05, 0) is 6.42 Å². The zero-order valence-corrected chi connectivity index (χ0v) is 8.83. The Balaban J connectivity index is 2.89. The lowest BCUT2D eigenvalue weighted by molar-refractivity contribution is -0.113. The van der Waals surface area contributed by atoms with Gasteiger partial charge < -0.3 is 0 Å². The van der Waals surface area contributed by atoms with Crippen molar-refractivity contribution in [3.8, 4) is 0 Å². The van der Waals surface area contributed by atoms with Gasteiger partial charge >= 0.3 is 0 Å². The highest BCUT2D eigenvalue weighted by Gasteiger charge is 2.22. The maximum absolute atomic E-state index is 11.7. The number of benzene rings is 1. The van der Waals surface area contributed by atoms with Gasteiger partial charge in [0.05, 0.1) is 5.92 Å². The SMILES string of the molecule is CC[C@H](C(=O)S)C(=O)c1ccccc1. The third-order valence-electron chi connectivity index (χ3n) is 2.08. The summed E-state index contributed by atoms with van der Waals surface area (Å²) in [5.41, 5.74) is 0.571. The number of rotatable bonds is 4. The maximum Gasteiger partial charge on any atom is 0.196 e. The smallest absolute Gasteiger partial charge is 0.196 e. The molecule has 0 spiro atoms. The molecule has 0 amide bonds. The number of hydrogen-bond acceptors (Lipinski definition) is 2. The number of ketones is 1. The van der Waals surface area contributed by atoms with Crippen molar-refractivity contribution in [3.63, 3.8) is 0 Å². The number of carbonyl (C=O) groups excluding carboxylic acids is 2. The van der Waals surface area contributed by atoms with Crippen LogP contribution >= 0.6 is 12.6 Å². The Hall–Kier alpha value is -1.09. The first-order chi connectivity index (χ1) is 6.66. The van der Waals surface area contributed by atoms with Gasteiger partial charge in [0.25, 0.3) is 0 Å². The van der Waals surface area contributed by atoms with Crippen LogP contribution in [0, 0.1) is 5.92 Å². The van der Waals surface area contributed by atoms with E-state index in [0.29, 0.717) is 12.0 Å². The van der Waals surface area contributed by atoms with Crippen molar-refractivity contribution in [1.29, 1.82) is 0 Å². The fourth-order valence-electron chi connectivity index (χ4n) is 1.28. The normalized spacial score (nSPS) is 12.1. The molecule has 1 atom stereocenters. The van der Waals surface area contributed by atoms with Gasteiger partial charge in [0.2, 0.25) is 0 Å². The number of Topliss-reactive ketones (excluding diaryl/α,β-unsaturated/α-hetero) is 1. The van der Waals surface area contributed by atoms with Gasteiger partial charge in [-0.3, -0.25) is 9.59 Å². The summed E-state index contributed by atoms with van der Waals surface area (Å²) in [4.78, 5) is 22.8. The van der Waals surface area contributed by atoms with Crippen LogP contribution in [0.3, 0.4) is 0 Å². The highest BCUT2D eigenvalue weighted by atomic mass is 32.1. The quantitative estimate of drug-likeness (QED) is 0.468. The summed E-state index contributed by atoms with van der Waals surface area (Å²) in [7, 11) is 0. The van der Waals surface area contributed by atoms with Gasteiger partial charge in [-0.1, -0.05) is 37.3 Å². The number of thiol groups is 1. The Labute approximate surface area is 88.7 Å². The van der Waals surface area contributed by atoms with Crippen LogP contribution in [0.4, 0.5) is 0 Å². The van der Waals surface area contributed by atoms with Crippen LogP contribution in [0.2, 0.25) is 0 Å². The average molecular weight is 208 g/mol. The predicted octanol–water partition coefficient (Wildman–Crippen LogP) is 2.35. The van der Waals surface area contributed by atoms with Gasteiger partial charge in [-0.15, -0.1) is 12.6 Å². The molecule has 3 heteroatoms. The van der Waals surface area contributed by atoms with Crippen molar-refractivity contribution in [3.05, 3.63) is 35.9 Å². The van der Waals surface area contributed by atoms with Gasteiger partial charge in [0.1, 0.15) is 0 Å².